The summed E-state index contributed by atoms with van der Waals surface area (Å²) in [5, 5.41) is 10.9. The van der Waals surface area contributed by atoms with Crippen molar-refractivity contribution >= 4 is 5.69 Å². The van der Waals surface area contributed by atoms with E-state index in [1.165, 1.54) is 24.0 Å². The average Bonchev–Trinajstić information content (AvgIpc) is 2.39. The Hall–Kier alpha value is -2.23. The molecular formula is C14H14N2O2. The highest BCUT2D eigenvalue weighted by atomic mass is 16.6. The lowest BCUT2D eigenvalue weighted by molar-refractivity contribution is -0.384. The molecule has 0 atom stereocenters. The SMILES string of the molecule is CC(C)c1ccc(-c2cnccc2[N+](=O)[O-])cc1. The van der Waals surface area contributed by atoms with Gasteiger partial charge in [-0.05, 0) is 17.0 Å². The molecule has 4 heteroatoms. The van der Waals surface area contributed by atoms with Crippen LogP contribution in [-0.2, 0) is 0 Å². The standard InChI is InChI=1S/C14H14N2O2/c1-10(2)11-3-5-12(6-4-11)13-9-15-8-7-14(13)16(17)18/h3-10H,1-2H3. The molecule has 0 amide bonds. The van der Waals surface area contributed by atoms with Gasteiger partial charge in [-0.25, -0.2) is 0 Å². The van der Waals surface area contributed by atoms with Gasteiger partial charge in [0.2, 0.25) is 0 Å². The third-order valence-corrected chi connectivity index (χ3v) is 2.88. The number of pyridine rings is 1. The summed E-state index contributed by atoms with van der Waals surface area (Å²) in [5.74, 6) is 0.447. The second kappa shape index (κ2) is 4.96. The zero-order chi connectivity index (χ0) is 13.1. The van der Waals surface area contributed by atoms with E-state index in [9.17, 15) is 10.1 Å². The molecule has 0 aliphatic carbocycles. The number of aromatic nitrogens is 1. The molecule has 0 spiro atoms. The summed E-state index contributed by atoms with van der Waals surface area (Å²) in [5.41, 5.74) is 2.67. The number of nitrogens with zero attached hydrogens (tertiary/aromatic N) is 2. The highest BCUT2D eigenvalue weighted by Gasteiger charge is 2.14. The monoisotopic (exact) mass is 242 g/mol. The van der Waals surface area contributed by atoms with Gasteiger partial charge in [0.05, 0.1) is 10.5 Å². The minimum Gasteiger partial charge on any atom is -0.264 e. The van der Waals surface area contributed by atoms with Crippen molar-refractivity contribution in [1.82, 2.24) is 4.98 Å². The normalized spacial score (nSPS) is 10.6. The van der Waals surface area contributed by atoms with Gasteiger partial charge in [-0.15, -0.1) is 0 Å². The van der Waals surface area contributed by atoms with Gasteiger partial charge in [-0.1, -0.05) is 38.1 Å². The van der Waals surface area contributed by atoms with E-state index in [-0.39, 0.29) is 10.6 Å². The molecule has 0 N–H and O–H groups in total. The van der Waals surface area contributed by atoms with Gasteiger partial charge < -0.3 is 0 Å². The minimum atomic E-state index is -0.382. The molecule has 1 heterocycles. The maximum atomic E-state index is 10.9. The number of benzene rings is 1. The Morgan fingerprint density at radius 3 is 2.39 bits per heavy atom. The van der Waals surface area contributed by atoms with E-state index in [0.29, 0.717) is 11.5 Å². The van der Waals surface area contributed by atoms with Gasteiger partial charge in [0.15, 0.2) is 0 Å². The number of hydrogen-bond acceptors (Lipinski definition) is 3. The molecular weight excluding hydrogens is 228 g/mol. The smallest absolute Gasteiger partial charge is 0.264 e. The molecule has 1 aromatic carbocycles. The van der Waals surface area contributed by atoms with Crippen LogP contribution in [0.3, 0.4) is 0 Å². The van der Waals surface area contributed by atoms with E-state index in [1.807, 2.05) is 24.3 Å². The first-order chi connectivity index (χ1) is 8.59. The Morgan fingerprint density at radius 1 is 1.17 bits per heavy atom. The van der Waals surface area contributed by atoms with Crippen LogP contribution in [0, 0.1) is 10.1 Å². The summed E-state index contributed by atoms with van der Waals surface area (Å²) >= 11 is 0. The van der Waals surface area contributed by atoms with Gasteiger partial charge in [-0.2, -0.15) is 0 Å². The molecule has 92 valence electrons. The molecule has 0 saturated heterocycles. The zero-order valence-electron chi connectivity index (χ0n) is 10.3. The van der Waals surface area contributed by atoms with Crippen molar-refractivity contribution in [2.24, 2.45) is 0 Å². The minimum absolute atomic E-state index is 0.0855. The van der Waals surface area contributed by atoms with Gasteiger partial charge in [0.25, 0.3) is 5.69 Å². The summed E-state index contributed by atoms with van der Waals surface area (Å²) in [6.07, 6.45) is 2.96. The number of nitro groups is 1. The van der Waals surface area contributed by atoms with E-state index in [0.717, 1.165) is 5.56 Å². The van der Waals surface area contributed by atoms with Gasteiger partial charge >= 0.3 is 0 Å². The molecule has 1 aromatic heterocycles. The van der Waals surface area contributed by atoms with E-state index in [4.69, 9.17) is 0 Å². The van der Waals surface area contributed by atoms with Crippen molar-refractivity contribution in [2.75, 3.05) is 0 Å². The molecule has 2 rings (SSSR count). The molecule has 0 aliphatic heterocycles. The predicted octanol–water partition coefficient (Wildman–Crippen LogP) is 3.78. The van der Waals surface area contributed by atoms with Gasteiger partial charge in [0, 0.05) is 18.5 Å². The van der Waals surface area contributed by atoms with E-state index >= 15 is 0 Å². The Bertz CT molecular complexity index is 562. The third-order valence-electron chi connectivity index (χ3n) is 2.88. The second-order valence-corrected chi connectivity index (χ2v) is 4.43. The van der Waals surface area contributed by atoms with Crippen molar-refractivity contribution in [3.05, 3.63) is 58.4 Å². The average molecular weight is 242 g/mol. The van der Waals surface area contributed by atoms with Crippen molar-refractivity contribution in [3.8, 4) is 11.1 Å². The van der Waals surface area contributed by atoms with Crippen molar-refractivity contribution in [3.63, 3.8) is 0 Å². The molecule has 0 unspecified atom stereocenters. The van der Waals surface area contributed by atoms with E-state index in [2.05, 4.69) is 18.8 Å². The molecule has 0 saturated carbocycles. The Labute approximate surface area is 105 Å². The fourth-order valence-electron chi connectivity index (χ4n) is 1.82. The lowest BCUT2D eigenvalue weighted by Gasteiger charge is -2.07. The second-order valence-electron chi connectivity index (χ2n) is 4.43. The topological polar surface area (TPSA) is 56.0 Å². The Kier molecular flexibility index (Phi) is 3.37. The summed E-state index contributed by atoms with van der Waals surface area (Å²) in [4.78, 5) is 14.5. The third kappa shape index (κ3) is 2.37. The summed E-state index contributed by atoms with van der Waals surface area (Å²) in [6.45, 7) is 4.23. The lowest BCUT2D eigenvalue weighted by Crippen LogP contribution is -1.93. The van der Waals surface area contributed by atoms with Crippen LogP contribution >= 0.6 is 0 Å². The summed E-state index contributed by atoms with van der Waals surface area (Å²) < 4.78 is 0. The lowest BCUT2D eigenvalue weighted by atomic mass is 9.99. The fourth-order valence-corrected chi connectivity index (χ4v) is 1.82. The van der Waals surface area contributed by atoms with Crippen LogP contribution in [0.15, 0.2) is 42.7 Å². The van der Waals surface area contributed by atoms with Crippen LogP contribution in [0.1, 0.15) is 25.3 Å². The van der Waals surface area contributed by atoms with Crippen LogP contribution in [0.25, 0.3) is 11.1 Å². The van der Waals surface area contributed by atoms with Crippen LogP contribution in [0.2, 0.25) is 0 Å². The van der Waals surface area contributed by atoms with E-state index < -0.39 is 0 Å². The molecule has 0 radical (unpaired) electrons. The van der Waals surface area contributed by atoms with Crippen molar-refractivity contribution < 1.29 is 4.92 Å². The predicted molar refractivity (Wildman–Crippen MR) is 70.4 cm³/mol. The Morgan fingerprint density at radius 2 is 1.83 bits per heavy atom. The first-order valence-electron chi connectivity index (χ1n) is 5.78. The van der Waals surface area contributed by atoms with Crippen LogP contribution < -0.4 is 0 Å². The summed E-state index contributed by atoms with van der Waals surface area (Å²) in [7, 11) is 0. The first-order valence-corrected chi connectivity index (χ1v) is 5.78. The van der Waals surface area contributed by atoms with E-state index in [1.54, 1.807) is 0 Å². The van der Waals surface area contributed by atoms with Crippen LogP contribution in [0.5, 0.6) is 0 Å². The van der Waals surface area contributed by atoms with Crippen molar-refractivity contribution in [2.45, 2.75) is 19.8 Å². The quantitative estimate of drug-likeness (QED) is 0.608. The molecule has 18 heavy (non-hydrogen) atoms. The molecule has 0 bridgehead atoms. The number of rotatable bonds is 3. The fraction of sp³-hybridized carbons (Fsp3) is 0.214. The van der Waals surface area contributed by atoms with Gasteiger partial charge in [0.1, 0.15) is 0 Å². The highest BCUT2D eigenvalue weighted by Crippen LogP contribution is 2.29. The largest absolute Gasteiger partial charge is 0.280 e. The van der Waals surface area contributed by atoms with Crippen LogP contribution in [0.4, 0.5) is 5.69 Å². The summed E-state index contributed by atoms with van der Waals surface area (Å²) in [6, 6.07) is 9.22. The number of hydrogen-bond donors (Lipinski definition) is 0. The van der Waals surface area contributed by atoms with Gasteiger partial charge in [-0.3, -0.25) is 15.1 Å². The van der Waals surface area contributed by atoms with Crippen molar-refractivity contribution in [1.29, 1.82) is 0 Å². The molecule has 0 aliphatic rings. The maximum absolute atomic E-state index is 10.9. The van der Waals surface area contributed by atoms with Crippen LogP contribution in [-0.4, -0.2) is 9.91 Å². The molecule has 4 nitrogen and oxygen atoms in total. The first kappa shape index (κ1) is 12.2. The maximum Gasteiger partial charge on any atom is 0.280 e. The molecule has 2 aromatic rings. The Balaban J connectivity index is 2.46. The zero-order valence-corrected chi connectivity index (χ0v) is 10.3. The molecule has 0 fully saturated rings. The highest BCUT2D eigenvalue weighted by molar-refractivity contribution is 5.72.